The topological polar surface area (TPSA) is 45.7 Å². The summed E-state index contributed by atoms with van der Waals surface area (Å²) in [6, 6.07) is 4.16. The van der Waals surface area contributed by atoms with Crippen molar-refractivity contribution in [2.75, 3.05) is 33.4 Å². The molecule has 2 N–H and O–H groups in total. The minimum Gasteiger partial charge on any atom is -0.372 e. The lowest BCUT2D eigenvalue weighted by atomic mass is 10.1. The molecule has 4 nitrogen and oxygen atoms in total. The minimum absolute atomic E-state index is 0. The number of halogens is 4. The molecule has 0 aliphatic rings. The Morgan fingerprint density at radius 2 is 2.12 bits per heavy atom. The molecule has 24 heavy (non-hydrogen) atoms. The van der Waals surface area contributed by atoms with Crippen molar-refractivity contribution in [1.82, 2.24) is 10.6 Å². The van der Waals surface area contributed by atoms with Gasteiger partial charge in [0.2, 0.25) is 0 Å². The van der Waals surface area contributed by atoms with Crippen molar-refractivity contribution in [3.63, 3.8) is 0 Å². The molecule has 0 spiro atoms. The fourth-order valence-electron chi connectivity index (χ4n) is 1.90. The second kappa shape index (κ2) is 12.8. The molecule has 1 atom stereocenters. The van der Waals surface area contributed by atoms with Crippen LogP contribution in [0.5, 0.6) is 0 Å². The summed E-state index contributed by atoms with van der Waals surface area (Å²) in [7, 11) is 1.67. The monoisotopic (exact) mass is 479 g/mol. The lowest BCUT2D eigenvalue weighted by Crippen LogP contribution is -2.40. The van der Waals surface area contributed by atoms with Crippen LogP contribution in [-0.2, 0) is 11.2 Å². The molecule has 0 fully saturated rings. The van der Waals surface area contributed by atoms with Crippen LogP contribution in [0, 0.1) is 5.92 Å². The van der Waals surface area contributed by atoms with Crippen LogP contribution in [0.2, 0.25) is 0 Å². The van der Waals surface area contributed by atoms with Crippen molar-refractivity contribution in [3.8, 4) is 0 Å². The lowest BCUT2D eigenvalue weighted by Gasteiger charge is -2.15. The van der Waals surface area contributed by atoms with E-state index in [1.807, 2.05) is 6.07 Å². The van der Waals surface area contributed by atoms with E-state index in [9.17, 15) is 13.2 Å². The quantitative estimate of drug-likeness (QED) is 0.246. The van der Waals surface area contributed by atoms with Crippen molar-refractivity contribution >= 4 is 41.3 Å². The number of hydrogen-bond donors (Lipinski definition) is 2. The average molecular weight is 479 g/mol. The van der Waals surface area contributed by atoms with Gasteiger partial charge in [0, 0.05) is 31.6 Å². The van der Waals surface area contributed by atoms with Crippen LogP contribution < -0.4 is 10.6 Å². The minimum atomic E-state index is -4.26. The van der Waals surface area contributed by atoms with Crippen LogP contribution in [0.1, 0.15) is 18.2 Å². The Morgan fingerprint density at radius 3 is 2.71 bits per heavy atom. The molecule has 0 aromatic carbocycles. The van der Waals surface area contributed by atoms with Gasteiger partial charge in [-0.15, -0.1) is 35.3 Å². The van der Waals surface area contributed by atoms with Gasteiger partial charge in [-0.1, -0.05) is 13.0 Å². The molecule has 140 valence electrons. The van der Waals surface area contributed by atoms with Gasteiger partial charge in [0.1, 0.15) is 6.61 Å². The molecule has 1 aromatic rings. The predicted molar refractivity (Wildman–Crippen MR) is 103 cm³/mol. The van der Waals surface area contributed by atoms with Crippen LogP contribution in [-0.4, -0.2) is 45.5 Å². The largest absolute Gasteiger partial charge is 0.411 e. The maximum absolute atomic E-state index is 11.9. The number of ether oxygens (including phenoxy) is 1. The van der Waals surface area contributed by atoms with Crippen molar-refractivity contribution in [2.24, 2.45) is 10.9 Å². The Bertz CT molecular complexity index is 455. The Hall–Kier alpha value is -0.550. The van der Waals surface area contributed by atoms with Gasteiger partial charge < -0.3 is 15.4 Å². The third-order valence-electron chi connectivity index (χ3n) is 2.99. The number of guanidine groups is 1. The van der Waals surface area contributed by atoms with Crippen LogP contribution in [0.15, 0.2) is 22.5 Å². The normalized spacial score (nSPS) is 13.3. The van der Waals surface area contributed by atoms with Gasteiger partial charge in [-0.2, -0.15) is 13.2 Å². The number of alkyl halides is 3. The third kappa shape index (κ3) is 11.9. The second-order valence-corrected chi connectivity index (χ2v) is 6.32. The van der Waals surface area contributed by atoms with Crippen LogP contribution >= 0.6 is 35.3 Å². The summed E-state index contributed by atoms with van der Waals surface area (Å²) in [6.07, 6.45) is -2.77. The number of nitrogens with one attached hydrogen (secondary N) is 2. The fraction of sp³-hybridized carbons (Fsp3) is 0.667. The first kappa shape index (κ1) is 23.4. The van der Waals surface area contributed by atoms with Gasteiger partial charge >= 0.3 is 6.18 Å². The van der Waals surface area contributed by atoms with E-state index in [1.165, 1.54) is 4.88 Å². The Balaban J connectivity index is 0.00000529. The summed E-state index contributed by atoms with van der Waals surface area (Å²) in [6.45, 7) is 2.32. The Kier molecular flexibility index (Phi) is 12.5. The SMILES string of the molecule is CN=C(NCCCOCC(F)(F)F)NCC(C)Cc1cccs1.I. The number of thiophene rings is 1. The molecular formula is C15H25F3IN3OS. The van der Waals surface area contributed by atoms with Crippen LogP contribution in [0.4, 0.5) is 13.2 Å². The smallest absolute Gasteiger partial charge is 0.372 e. The highest BCUT2D eigenvalue weighted by Gasteiger charge is 2.27. The van der Waals surface area contributed by atoms with Crippen molar-refractivity contribution < 1.29 is 17.9 Å². The predicted octanol–water partition coefficient (Wildman–Crippen LogP) is 3.68. The lowest BCUT2D eigenvalue weighted by molar-refractivity contribution is -0.173. The maximum atomic E-state index is 11.9. The molecule has 0 aliphatic heterocycles. The van der Waals surface area contributed by atoms with Crippen LogP contribution in [0.25, 0.3) is 0 Å². The number of hydrogen-bond acceptors (Lipinski definition) is 3. The molecule has 0 aliphatic carbocycles. The summed E-state index contributed by atoms with van der Waals surface area (Å²) in [5, 5.41) is 8.35. The standard InChI is InChI=1S/C15H24F3N3OS.HI/c1-12(9-13-5-3-8-23-13)10-21-14(19-2)20-6-4-7-22-11-15(16,17)18;/h3,5,8,12H,4,6-7,9-11H2,1-2H3,(H2,19,20,21);1H. The molecule has 0 radical (unpaired) electrons. The van der Waals surface area contributed by atoms with Gasteiger partial charge in [0.05, 0.1) is 0 Å². The molecule has 0 bridgehead atoms. The third-order valence-corrected chi connectivity index (χ3v) is 3.89. The number of aliphatic imine (C=N–C) groups is 1. The molecule has 1 rings (SSSR count). The summed E-state index contributed by atoms with van der Waals surface area (Å²) in [4.78, 5) is 5.44. The summed E-state index contributed by atoms with van der Waals surface area (Å²) in [5.41, 5.74) is 0. The van der Waals surface area contributed by atoms with E-state index in [0.717, 1.165) is 13.0 Å². The highest BCUT2D eigenvalue weighted by atomic mass is 127. The summed E-state index contributed by atoms with van der Waals surface area (Å²) < 4.78 is 40.2. The highest BCUT2D eigenvalue weighted by molar-refractivity contribution is 14.0. The molecule has 0 amide bonds. The first-order valence-electron chi connectivity index (χ1n) is 7.52. The Morgan fingerprint density at radius 1 is 1.38 bits per heavy atom. The fourth-order valence-corrected chi connectivity index (χ4v) is 2.77. The molecule has 0 saturated carbocycles. The molecule has 9 heteroatoms. The molecule has 1 unspecified atom stereocenters. The zero-order chi connectivity index (χ0) is 17.1. The first-order valence-corrected chi connectivity index (χ1v) is 8.40. The average Bonchev–Trinajstić information content (AvgIpc) is 2.97. The van der Waals surface area contributed by atoms with E-state index in [0.29, 0.717) is 24.8 Å². The van der Waals surface area contributed by atoms with E-state index in [4.69, 9.17) is 0 Å². The maximum Gasteiger partial charge on any atom is 0.411 e. The first-order chi connectivity index (χ1) is 10.9. The van der Waals surface area contributed by atoms with Crippen molar-refractivity contribution in [3.05, 3.63) is 22.4 Å². The Labute approximate surface area is 162 Å². The van der Waals surface area contributed by atoms with Gasteiger partial charge in [-0.25, -0.2) is 0 Å². The van der Waals surface area contributed by atoms with Crippen molar-refractivity contribution in [2.45, 2.75) is 25.9 Å². The van der Waals surface area contributed by atoms with E-state index in [1.54, 1.807) is 18.4 Å². The van der Waals surface area contributed by atoms with Crippen molar-refractivity contribution in [1.29, 1.82) is 0 Å². The van der Waals surface area contributed by atoms with Gasteiger partial charge in [0.25, 0.3) is 0 Å². The second-order valence-electron chi connectivity index (χ2n) is 5.29. The van der Waals surface area contributed by atoms with E-state index in [-0.39, 0.29) is 30.6 Å². The highest BCUT2D eigenvalue weighted by Crippen LogP contribution is 2.14. The molecule has 1 heterocycles. The number of nitrogens with zero attached hydrogens (tertiary/aromatic N) is 1. The van der Waals surface area contributed by atoms with E-state index in [2.05, 4.69) is 38.7 Å². The summed E-state index contributed by atoms with van der Waals surface area (Å²) in [5.74, 6) is 1.11. The molecule has 0 saturated heterocycles. The zero-order valence-corrected chi connectivity index (χ0v) is 17.0. The molecular weight excluding hydrogens is 454 g/mol. The molecule has 1 aromatic heterocycles. The van der Waals surface area contributed by atoms with Gasteiger partial charge in [-0.3, -0.25) is 4.99 Å². The van der Waals surface area contributed by atoms with E-state index >= 15 is 0 Å². The zero-order valence-electron chi connectivity index (χ0n) is 13.9. The summed E-state index contributed by atoms with van der Waals surface area (Å²) >= 11 is 1.75. The van der Waals surface area contributed by atoms with Crippen LogP contribution in [0.3, 0.4) is 0 Å². The van der Waals surface area contributed by atoms with Gasteiger partial charge in [0.15, 0.2) is 5.96 Å². The number of rotatable bonds is 9. The van der Waals surface area contributed by atoms with E-state index < -0.39 is 12.8 Å². The van der Waals surface area contributed by atoms with Gasteiger partial charge in [-0.05, 0) is 30.2 Å².